The molecule has 1 saturated heterocycles. The van der Waals surface area contributed by atoms with Crippen LogP contribution >= 0.6 is 12.4 Å². The number of carbonyl (C=O) groups is 1. The van der Waals surface area contributed by atoms with Gasteiger partial charge in [0.2, 0.25) is 0 Å². The minimum absolute atomic E-state index is 0. The summed E-state index contributed by atoms with van der Waals surface area (Å²) in [5.74, 6) is -0.0533. The van der Waals surface area contributed by atoms with Gasteiger partial charge in [-0.1, -0.05) is 110 Å². The number of carbonyl (C=O) groups excluding carboxylic acids is 1. The van der Waals surface area contributed by atoms with Gasteiger partial charge in [-0.3, -0.25) is 4.79 Å². The average molecular weight is 571 g/mol. The van der Waals surface area contributed by atoms with E-state index in [1.807, 2.05) is 71.6 Å². The SMILES string of the molecule is Cl.O=C(c1ncn(C(c2ccccc2)C2(O)CCCCC2)c1-c1ccccc1)N1CCNC[C@H]1Cc1ccccc1. The first kappa shape index (κ1) is 29.1. The molecule has 2 heterocycles. The molecule has 1 saturated carbocycles. The maximum atomic E-state index is 14.4. The smallest absolute Gasteiger partial charge is 0.275 e. The van der Waals surface area contributed by atoms with Gasteiger partial charge in [0.1, 0.15) is 0 Å². The molecule has 1 aliphatic heterocycles. The zero-order chi connectivity index (χ0) is 27.4. The van der Waals surface area contributed by atoms with Gasteiger partial charge in [-0.25, -0.2) is 4.98 Å². The Bertz CT molecular complexity index is 1400. The van der Waals surface area contributed by atoms with Crippen molar-refractivity contribution in [2.45, 2.75) is 56.2 Å². The number of amides is 1. The largest absolute Gasteiger partial charge is 0.387 e. The second kappa shape index (κ2) is 13.0. The maximum Gasteiger partial charge on any atom is 0.275 e. The monoisotopic (exact) mass is 570 g/mol. The summed E-state index contributed by atoms with van der Waals surface area (Å²) in [7, 11) is 0. The van der Waals surface area contributed by atoms with E-state index in [1.165, 1.54) is 5.56 Å². The lowest BCUT2D eigenvalue weighted by Gasteiger charge is -2.41. The molecule has 1 amide bonds. The number of nitrogens with one attached hydrogen (secondary N) is 1. The number of rotatable bonds is 7. The Labute approximate surface area is 248 Å². The number of nitrogens with zero attached hydrogens (tertiary/aromatic N) is 3. The van der Waals surface area contributed by atoms with Crippen molar-refractivity contribution in [1.82, 2.24) is 19.8 Å². The average Bonchev–Trinajstić information content (AvgIpc) is 3.43. The lowest BCUT2D eigenvalue weighted by atomic mass is 9.76. The molecule has 1 aliphatic carbocycles. The van der Waals surface area contributed by atoms with Gasteiger partial charge in [0.25, 0.3) is 5.91 Å². The third kappa shape index (κ3) is 6.10. The van der Waals surface area contributed by atoms with Crippen LogP contribution in [0.1, 0.15) is 59.8 Å². The number of benzene rings is 3. The molecular formula is C34H39ClN4O2. The van der Waals surface area contributed by atoms with Crippen LogP contribution in [0.5, 0.6) is 0 Å². The first-order chi connectivity index (χ1) is 19.6. The van der Waals surface area contributed by atoms with Crippen molar-refractivity contribution in [3.8, 4) is 11.3 Å². The number of hydrogen-bond acceptors (Lipinski definition) is 4. The van der Waals surface area contributed by atoms with E-state index in [2.05, 4.69) is 34.1 Å². The van der Waals surface area contributed by atoms with Crippen LogP contribution in [0.4, 0.5) is 0 Å². The molecular weight excluding hydrogens is 532 g/mol. The topological polar surface area (TPSA) is 70.4 Å². The third-order valence-electron chi connectivity index (χ3n) is 8.59. The molecule has 2 aliphatic rings. The lowest BCUT2D eigenvalue weighted by Crippen LogP contribution is -2.54. The molecule has 1 aromatic heterocycles. The zero-order valence-corrected chi connectivity index (χ0v) is 24.2. The third-order valence-corrected chi connectivity index (χ3v) is 8.59. The number of aromatic nitrogens is 2. The highest BCUT2D eigenvalue weighted by Gasteiger charge is 2.42. The summed E-state index contributed by atoms with van der Waals surface area (Å²) in [5.41, 5.74) is 3.48. The fourth-order valence-corrected chi connectivity index (χ4v) is 6.63. The summed E-state index contributed by atoms with van der Waals surface area (Å²) in [6, 6.07) is 30.3. The highest BCUT2D eigenvalue weighted by Crippen LogP contribution is 2.43. The fraction of sp³-hybridized carbons (Fsp3) is 0.353. The van der Waals surface area contributed by atoms with E-state index in [-0.39, 0.29) is 30.4 Å². The standard InChI is InChI=1S/C34H38N4O2.ClH/c39-33(37-22-21-35-24-29(37)23-26-13-5-1-6-14-26)30-31(27-15-7-2-8-16-27)38(25-36-30)32(28-17-9-3-10-18-28)34(40)19-11-4-12-20-34;/h1-3,5-10,13-18,25,29,32,35,40H,4,11-12,19-24H2;1H/t29-,32?;/m1./s1. The van der Waals surface area contributed by atoms with E-state index < -0.39 is 5.60 Å². The zero-order valence-electron chi connectivity index (χ0n) is 23.4. The highest BCUT2D eigenvalue weighted by atomic mass is 35.5. The predicted octanol–water partition coefficient (Wildman–Crippen LogP) is 5.91. The summed E-state index contributed by atoms with van der Waals surface area (Å²) in [4.78, 5) is 21.2. The van der Waals surface area contributed by atoms with Crippen molar-refractivity contribution in [2.24, 2.45) is 0 Å². The van der Waals surface area contributed by atoms with Crippen molar-refractivity contribution in [3.63, 3.8) is 0 Å². The second-order valence-electron chi connectivity index (χ2n) is 11.2. The molecule has 3 aromatic carbocycles. The summed E-state index contributed by atoms with van der Waals surface area (Å²) >= 11 is 0. The second-order valence-corrected chi connectivity index (χ2v) is 11.2. The van der Waals surface area contributed by atoms with Crippen molar-refractivity contribution in [2.75, 3.05) is 19.6 Å². The molecule has 7 heteroatoms. The Morgan fingerprint density at radius 1 is 0.927 bits per heavy atom. The molecule has 0 radical (unpaired) electrons. The maximum absolute atomic E-state index is 14.4. The first-order valence-electron chi connectivity index (χ1n) is 14.6. The molecule has 1 unspecified atom stereocenters. The summed E-state index contributed by atoms with van der Waals surface area (Å²) in [5, 5.41) is 15.6. The Morgan fingerprint density at radius 3 is 2.24 bits per heavy atom. The number of halogens is 1. The molecule has 41 heavy (non-hydrogen) atoms. The summed E-state index contributed by atoms with van der Waals surface area (Å²) < 4.78 is 2.08. The molecule has 0 bridgehead atoms. The van der Waals surface area contributed by atoms with Crippen molar-refractivity contribution < 1.29 is 9.90 Å². The minimum atomic E-state index is -0.922. The van der Waals surface area contributed by atoms with Crippen LogP contribution in [0.25, 0.3) is 11.3 Å². The van der Waals surface area contributed by atoms with Gasteiger partial charge in [-0.15, -0.1) is 12.4 Å². The Balaban J connectivity index is 0.00000337. The number of piperazine rings is 1. The molecule has 2 N–H and O–H groups in total. The highest BCUT2D eigenvalue weighted by molar-refractivity contribution is 5.98. The molecule has 6 rings (SSSR count). The number of aliphatic hydroxyl groups is 1. The molecule has 6 nitrogen and oxygen atoms in total. The van der Waals surface area contributed by atoms with E-state index in [9.17, 15) is 9.90 Å². The fourth-order valence-electron chi connectivity index (χ4n) is 6.63. The van der Waals surface area contributed by atoms with Gasteiger partial charge >= 0.3 is 0 Å². The van der Waals surface area contributed by atoms with E-state index >= 15 is 0 Å². The van der Waals surface area contributed by atoms with E-state index in [0.29, 0.717) is 12.2 Å². The van der Waals surface area contributed by atoms with Crippen molar-refractivity contribution >= 4 is 18.3 Å². The van der Waals surface area contributed by atoms with Crippen LogP contribution in [-0.2, 0) is 6.42 Å². The minimum Gasteiger partial charge on any atom is -0.387 e. The number of hydrogen-bond donors (Lipinski definition) is 2. The quantitative estimate of drug-likeness (QED) is 0.290. The number of imidazole rings is 1. The Hall–Kier alpha value is -3.45. The van der Waals surface area contributed by atoms with Crippen LogP contribution in [-0.4, -0.2) is 56.7 Å². The van der Waals surface area contributed by atoms with Crippen LogP contribution < -0.4 is 5.32 Å². The summed E-state index contributed by atoms with van der Waals surface area (Å²) in [6.07, 6.45) is 7.13. The normalized spacial score (nSPS) is 19.2. The summed E-state index contributed by atoms with van der Waals surface area (Å²) in [6.45, 7) is 2.13. The molecule has 4 aromatic rings. The van der Waals surface area contributed by atoms with E-state index in [0.717, 1.165) is 68.4 Å². The van der Waals surface area contributed by atoms with Gasteiger partial charge in [-0.2, -0.15) is 0 Å². The first-order valence-corrected chi connectivity index (χ1v) is 14.6. The van der Waals surface area contributed by atoms with Gasteiger partial charge in [0.15, 0.2) is 5.69 Å². The van der Waals surface area contributed by atoms with Gasteiger partial charge in [0, 0.05) is 31.2 Å². The van der Waals surface area contributed by atoms with E-state index in [4.69, 9.17) is 4.98 Å². The molecule has 214 valence electrons. The lowest BCUT2D eigenvalue weighted by molar-refractivity contribution is -0.0299. The van der Waals surface area contributed by atoms with E-state index in [1.54, 1.807) is 6.33 Å². The Morgan fingerprint density at radius 2 is 1.56 bits per heavy atom. The van der Waals surface area contributed by atoms with Crippen LogP contribution in [0.15, 0.2) is 97.3 Å². The molecule has 2 fully saturated rings. The Kier molecular flexibility index (Phi) is 9.23. The van der Waals surface area contributed by atoms with Crippen LogP contribution in [0, 0.1) is 0 Å². The van der Waals surface area contributed by atoms with Crippen molar-refractivity contribution in [3.05, 3.63) is 114 Å². The van der Waals surface area contributed by atoms with Crippen LogP contribution in [0.3, 0.4) is 0 Å². The van der Waals surface area contributed by atoms with Gasteiger partial charge in [-0.05, 0) is 30.4 Å². The predicted molar refractivity (Wildman–Crippen MR) is 165 cm³/mol. The van der Waals surface area contributed by atoms with Gasteiger partial charge in [0.05, 0.1) is 23.7 Å². The van der Waals surface area contributed by atoms with Gasteiger partial charge < -0.3 is 19.9 Å². The van der Waals surface area contributed by atoms with Crippen molar-refractivity contribution in [1.29, 1.82) is 0 Å². The van der Waals surface area contributed by atoms with Crippen LogP contribution in [0.2, 0.25) is 0 Å². The molecule has 0 spiro atoms. The molecule has 2 atom stereocenters.